The molecule has 0 aromatic heterocycles. The van der Waals surface area contributed by atoms with Crippen molar-refractivity contribution in [2.45, 2.75) is 0 Å². The van der Waals surface area contributed by atoms with Crippen LogP contribution in [0.1, 0.15) is 15.9 Å². The molecule has 0 atom stereocenters. The molecule has 92 valence electrons. The van der Waals surface area contributed by atoms with E-state index in [1.54, 1.807) is 6.07 Å². The molecule has 0 amide bonds. The van der Waals surface area contributed by atoms with Gasteiger partial charge in [0.25, 0.3) is 0 Å². The minimum absolute atomic E-state index is 0.185. The van der Waals surface area contributed by atoms with Crippen LogP contribution in [-0.2, 0) is 0 Å². The van der Waals surface area contributed by atoms with Crippen LogP contribution in [0.5, 0.6) is 0 Å². The summed E-state index contributed by atoms with van der Waals surface area (Å²) in [6.45, 7) is 0. The number of ketones is 1. The first-order valence-electron chi connectivity index (χ1n) is 4.94. The van der Waals surface area contributed by atoms with Crippen molar-refractivity contribution in [2.75, 3.05) is 0 Å². The Hall–Kier alpha value is -1.26. The first kappa shape index (κ1) is 13.2. The van der Waals surface area contributed by atoms with Gasteiger partial charge >= 0.3 is 0 Å². The van der Waals surface area contributed by atoms with Crippen molar-refractivity contribution in [1.82, 2.24) is 0 Å². The molecular weight excluding hydrogens is 325 g/mol. The highest BCUT2D eigenvalue weighted by molar-refractivity contribution is 9.10. The standard InChI is InChI=1S/C13H6BrClF2O/c14-10-4-1-7(5-11(10)15)13(18)9-3-2-8(16)6-12(9)17/h1-6H. The molecule has 0 saturated carbocycles. The molecule has 2 aromatic rings. The fourth-order valence-electron chi connectivity index (χ4n) is 1.47. The van der Waals surface area contributed by atoms with Gasteiger partial charge in [0, 0.05) is 16.1 Å². The van der Waals surface area contributed by atoms with E-state index in [0.29, 0.717) is 15.6 Å². The second kappa shape index (κ2) is 5.16. The second-order valence-electron chi connectivity index (χ2n) is 3.58. The molecule has 0 aliphatic rings. The lowest BCUT2D eigenvalue weighted by Crippen LogP contribution is -2.04. The number of halogens is 4. The van der Waals surface area contributed by atoms with Crippen LogP contribution in [0.4, 0.5) is 8.78 Å². The van der Waals surface area contributed by atoms with Gasteiger partial charge in [-0.3, -0.25) is 4.79 Å². The zero-order chi connectivity index (χ0) is 13.3. The maximum absolute atomic E-state index is 13.5. The number of hydrogen-bond donors (Lipinski definition) is 0. The van der Waals surface area contributed by atoms with Gasteiger partial charge in [0.15, 0.2) is 5.78 Å². The summed E-state index contributed by atoms with van der Waals surface area (Å²) in [7, 11) is 0. The van der Waals surface area contributed by atoms with Gasteiger partial charge in [-0.05, 0) is 46.3 Å². The predicted octanol–water partition coefficient (Wildman–Crippen LogP) is 4.61. The summed E-state index contributed by atoms with van der Waals surface area (Å²) in [4.78, 5) is 12.0. The van der Waals surface area contributed by atoms with Crippen LogP contribution >= 0.6 is 27.5 Å². The molecule has 0 fully saturated rings. The highest BCUT2D eigenvalue weighted by Crippen LogP contribution is 2.25. The average molecular weight is 332 g/mol. The molecule has 1 nitrogen and oxygen atoms in total. The molecule has 0 aliphatic heterocycles. The van der Waals surface area contributed by atoms with Gasteiger partial charge in [0.1, 0.15) is 11.6 Å². The summed E-state index contributed by atoms with van der Waals surface area (Å²) in [6, 6.07) is 7.36. The molecule has 0 N–H and O–H groups in total. The van der Waals surface area contributed by atoms with E-state index in [-0.39, 0.29) is 11.1 Å². The fourth-order valence-corrected chi connectivity index (χ4v) is 1.89. The largest absolute Gasteiger partial charge is 0.288 e. The summed E-state index contributed by atoms with van der Waals surface area (Å²) in [5.74, 6) is -2.15. The molecule has 0 bridgehead atoms. The van der Waals surface area contributed by atoms with Crippen molar-refractivity contribution < 1.29 is 13.6 Å². The first-order valence-corrected chi connectivity index (χ1v) is 6.11. The van der Waals surface area contributed by atoms with Gasteiger partial charge in [-0.25, -0.2) is 8.78 Å². The van der Waals surface area contributed by atoms with Crippen molar-refractivity contribution in [3.8, 4) is 0 Å². The van der Waals surface area contributed by atoms with E-state index in [4.69, 9.17) is 11.6 Å². The van der Waals surface area contributed by atoms with Crippen LogP contribution in [0.25, 0.3) is 0 Å². The molecule has 0 heterocycles. The van der Waals surface area contributed by atoms with Crippen LogP contribution < -0.4 is 0 Å². The fraction of sp³-hybridized carbons (Fsp3) is 0. The maximum atomic E-state index is 13.5. The van der Waals surface area contributed by atoms with Crippen LogP contribution in [-0.4, -0.2) is 5.78 Å². The third-order valence-electron chi connectivity index (χ3n) is 2.36. The van der Waals surface area contributed by atoms with Gasteiger partial charge in [-0.2, -0.15) is 0 Å². The molecule has 5 heteroatoms. The molecule has 0 unspecified atom stereocenters. The Kier molecular flexibility index (Phi) is 3.78. The third-order valence-corrected chi connectivity index (χ3v) is 3.59. The Labute approximate surface area is 116 Å². The van der Waals surface area contributed by atoms with Crippen molar-refractivity contribution >= 4 is 33.3 Å². The van der Waals surface area contributed by atoms with E-state index < -0.39 is 17.4 Å². The molecule has 0 saturated heterocycles. The summed E-state index contributed by atoms with van der Waals surface area (Å²) >= 11 is 9.05. The van der Waals surface area contributed by atoms with Gasteiger partial charge in [0.2, 0.25) is 0 Å². The Morgan fingerprint density at radius 3 is 2.44 bits per heavy atom. The second-order valence-corrected chi connectivity index (χ2v) is 4.84. The zero-order valence-corrected chi connectivity index (χ0v) is 11.2. The Morgan fingerprint density at radius 1 is 1.11 bits per heavy atom. The van der Waals surface area contributed by atoms with Gasteiger partial charge in [-0.15, -0.1) is 0 Å². The lowest BCUT2D eigenvalue weighted by Gasteiger charge is -2.04. The number of hydrogen-bond acceptors (Lipinski definition) is 1. The van der Waals surface area contributed by atoms with Crippen LogP contribution in [0.15, 0.2) is 40.9 Å². The summed E-state index contributed by atoms with van der Waals surface area (Å²) in [5.41, 5.74) is 0.0588. The van der Waals surface area contributed by atoms with Crippen molar-refractivity contribution in [1.29, 1.82) is 0 Å². The number of carbonyl (C=O) groups excluding carboxylic acids is 1. The normalized spacial score (nSPS) is 10.4. The van der Waals surface area contributed by atoms with Gasteiger partial charge in [0.05, 0.1) is 10.6 Å². The summed E-state index contributed by atoms with van der Waals surface area (Å²) in [6.07, 6.45) is 0. The third kappa shape index (κ3) is 2.60. The van der Waals surface area contributed by atoms with Gasteiger partial charge < -0.3 is 0 Å². The van der Waals surface area contributed by atoms with E-state index in [9.17, 15) is 13.6 Å². The Morgan fingerprint density at radius 2 is 1.83 bits per heavy atom. The van der Waals surface area contributed by atoms with E-state index in [0.717, 1.165) is 12.1 Å². The molecular formula is C13H6BrClF2O. The van der Waals surface area contributed by atoms with E-state index >= 15 is 0 Å². The van der Waals surface area contributed by atoms with Crippen LogP contribution in [0.3, 0.4) is 0 Å². The first-order chi connectivity index (χ1) is 8.49. The Balaban J connectivity index is 2.44. The Bertz CT molecular complexity index is 628. The van der Waals surface area contributed by atoms with E-state index in [1.807, 2.05) is 0 Å². The lowest BCUT2D eigenvalue weighted by molar-refractivity contribution is 0.103. The molecule has 0 aliphatic carbocycles. The monoisotopic (exact) mass is 330 g/mol. The molecule has 2 aromatic carbocycles. The zero-order valence-electron chi connectivity index (χ0n) is 8.88. The topological polar surface area (TPSA) is 17.1 Å². The molecule has 2 rings (SSSR count). The van der Waals surface area contributed by atoms with Crippen LogP contribution in [0, 0.1) is 11.6 Å². The maximum Gasteiger partial charge on any atom is 0.196 e. The molecule has 18 heavy (non-hydrogen) atoms. The minimum atomic E-state index is -0.890. The van der Waals surface area contributed by atoms with Crippen molar-refractivity contribution in [3.05, 3.63) is 68.7 Å². The lowest BCUT2D eigenvalue weighted by atomic mass is 10.0. The number of carbonyl (C=O) groups is 1. The molecule has 0 radical (unpaired) electrons. The molecule has 0 spiro atoms. The van der Waals surface area contributed by atoms with E-state index in [2.05, 4.69) is 15.9 Å². The van der Waals surface area contributed by atoms with Crippen molar-refractivity contribution in [2.24, 2.45) is 0 Å². The number of rotatable bonds is 2. The van der Waals surface area contributed by atoms with Gasteiger partial charge in [-0.1, -0.05) is 11.6 Å². The van der Waals surface area contributed by atoms with Crippen LogP contribution in [0.2, 0.25) is 5.02 Å². The van der Waals surface area contributed by atoms with Crippen molar-refractivity contribution in [3.63, 3.8) is 0 Å². The predicted molar refractivity (Wildman–Crippen MR) is 68.9 cm³/mol. The SMILES string of the molecule is O=C(c1ccc(Br)c(Cl)c1)c1ccc(F)cc1F. The number of benzene rings is 2. The van der Waals surface area contributed by atoms with E-state index in [1.165, 1.54) is 12.1 Å². The quantitative estimate of drug-likeness (QED) is 0.734. The summed E-state index contributed by atoms with van der Waals surface area (Å²) in [5, 5.41) is 0.350. The smallest absolute Gasteiger partial charge is 0.196 e. The minimum Gasteiger partial charge on any atom is -0.288 e. The highest BCUT2D eigenvalue weighted by atomic mass is 79.9. The highest BCUT2D eigenvalue weighted by Gasteiger charge is 2.15. The summed E-state index contributed by atoms with van der Waals surface area (Å²) < 4.78 is 26.9. The average Bonchev–Trinajstić information content (AvgIpc) is 2.32.